The topological polar surface area (TPSA) is 129 Å². The largest absolute Gasteiger partial charge is 0.464 e. The molecule has 4 rings (SSSR count). The molecule has 37 heavy (non-hydrogen) atoms. The van der Waals surface area contributed by atoms with E-state index in [1.165, 1.54) is 9.70 Å². The fourth-order valence-corrected chi connectivity index (χ4v) is 4.59. The van der Waals surface area contributed by atoms with E-state index in [1.807, 2.05) is 30.3 Å². The minimum atomic E-state index is -1.16. The SMILES string of the molecule is C=CC1C[C@]1(NC(=O)[C@@H]1C[C@@H](c2nnn(Cc3ccccc3)n2)CN1C(=O)OC(C)(C)C)C(=O)OCC. The van der Waals surface area contributed by atoms with Crippen molar-refractivity contribution in [1.82, 2.24) is 30.4 Å². The molecule has 2 fully saturated rings. The Labute approximate surface area is 216 Å². The number of amides is 2. The van der Waals surface area contributed by atoms with Gasteiger partial charge in [-0.25, -0.2) is 9.59 Å². The molecule has 2 aliphatic rings. The highest BCUT2D eigenvalue weighted by Gasteiger charge is 2.62. The third kappa shape index (κ3) is 5.81. The summed E-state index contributed by atoms with van der Waals surface area (Å²) in [5.74, 6) is -1.09. The van der Waals surface area contributed by atoms with Gasteiger partial charge in [-0.3, -0.25) is 9.69 Å². The van der Waals surface area contributed by atoms with Gasteiger partial charge in [0.25, 0.3) is 0 Å². The number of carbonyl (C=O) groups is 3. The number of likely N-dealkylation sites (tertiary alicyclic amines) is 1. The van der Waals surface area contributed by atoms with Crippen LogP contribution in [-0.2, 0) is 25.6 Å². The number of ether oxygens (including phenoxy) is 2. The summed E-state index contributed by atoms with van der Waals surface area (Å²) in [5, 5.41) is 15.7. The molecule has 0 radical (unpaired) electrons. The number of esters is 1. The van der Waals surface area contributed by atoms with Gasteiger partial charge in [-0.15, -0.1) is 16.8 Å². The predicted octanol–water partition coefficient (Wildman–Crippen LogP) is 2.44. The molecule has 2 heterocycles. The highest BCUT2D eigenvalue weighted by molar-refractivity contribution is 5.95. The molecule has 1 saturated heterocycles. The molecule has 2 aromatic rings. The van der Waals surface area contributed by atoms with Crippen LogP contribution in [0, 0.1) is 5.92 Å². The molecular weight excluding hydrogens is 476 g/mol. The third-order valence-electron chi connectivity index (χ3n) is 6.52. The summed E-state index contributed by atoms with van der Waals surface area (Å²) in [7, 11) is 0. The van der Waals surface area contributed by atoms with Crippen molar-refractivity contribution in [3.8, 4) is 0 Å². The van der Waals surface area contributed by atoms with E-state index in [4.69, 9.17) is 9.47 Å². The van der Waals surface area contributed by atoms with E-state index in [-0.39, 0.29) is 31.4 Å². The summed E-state index contributed by atoms with van der Waals surface area (Å²) in [6, 6.07) is 8.87. The lowest BCUT2D eigenvalue weighted by atomic mass is 10.0. The fourth-order valence-electron chi connectivity index (χ4n) is 4.59. The Morgan fingerprint density at radius 1 is 1.24 bits per heavy atom. The van der Waals surface area contributed by atoms with Gasteiger partial charge in [-0.1, -0.05) is 36.4 Å². The molecule has 1 saturated carbocycles. The van der Waals surface area contributed by atoms with Crippen molar-refractivity contribution in [3.63, 3.8) is 0 Å². The molecule has 0 bridgehead atoms. The molecule has 1 aromatic carbocycles. The maximum Gasteiger partial charge on any atom is 0.410 e. The Kier molecular flexibility index (Phi) is 7.33. The number of hydrogen-bond acceptors (Lipinski definition) is 8. The van der Waals surface area contributed by atoms with Crippen molar-refractivity contribution in [3.05, 3.63) is 54.4 Å². The lowest BCUT2D eigenvalue weighted by molar-refractivity contribution is -0.149. The number of aromatic nitrogens is 4. The molecule has 11 heteroatoms. The number of tetrazole rings is 1. The van der Waals surface area contributed by atoms with Crippen molar-refractivity contribution < 1.29 is 23.9 Å². The third-order valence-corrected chi connectivity index (χ3v) is 6.52. The number of nitrogens with one attached hydrogen (secondary N) is 1. The van der Waals surface area contributed by atoms with Crippen LogP contribution in [0.25, 0.3) is 0 Å². The van der Waals surface area contributed by atoms with Crippen LogP contribution in [0.5, 0.6) is 0 Å². The van der Waals surface area contributed by atoms with Crippen LogP contribution < -0.4 is 5.32 Å². The van der Waals surface area contributed by atoms with Crippen molar-refractivity contribution in [2.45, 2.75) is 70.2 Å². The maximum absolute atomic E-state index is 13.5. The van der Waals surface area contributed by atoms with E-state index in [0.717, 1.165) is 5.56 Å². The Bertz CT molecular complexity index is 1160. The number of benzene rings is 1. The molecular formula is C26H34N6O5. The van der Waals surface area contributed by atoms with Crippen molar-refractivity contribution in [1.29, 1.82) is 0 Å². The minimum Gasteiger partial charge on any atom is -0.464 e. The molecule has 11 nitrogen and oxygen atoms in total. The van der Waals surface area contributed by atoms with Gasteiger partial charge in [0.1, 0.15) is 17.2 Å². The highest BCUT2D eigenvalue weighted by Crippen LogP contribution is 2.46. The number of hydrogen-bond donors (Lipinski definition) is 1. The smallest absolute Gasteiger partial charge is 0.410 e. The van der Waals surface area contributed by atoms with Gasteiger partial charge in [-0.05, 0) is 51.3 Å². The lowest BCUT2D eigenvalue weighted by Crippen LogP contribution is -2.53. The zero-order valence-corrected chi connectivity index (χ0v) is 21.7. The number of rotatable bonds is 8. The monoisotopic (exact) mass is 510 g/mol. The Balaban J connectivity index is 1.53. The second-order valence-corrected chi connectivity index (χ2v) is 10.5. The first-order chi connectivity index (χ1) is 17.6. The van der Waals surface area contributed by atoms with Crippen LogP contribution in [0.3, 0.4) is 0 Å². The molecule has 1 aliphatic heterocycles. The normalized spacial score (nSPS) is 24.9. The first kappa shape index (κ1) is 26.3. The fraction of sp³-hybridized carbons (Fsp3) is 0.538. The van der Waals surface area contributed by atoms with Crippen LogP contribution in [0.1, 0.15) is 57.8 Å². The molecule has 0 spiro atoms. The standard InChI is InChI=1S/C26H34N6O5/c1-6-19-14-26(19,23(34)36-7-2)27-22(33)20-13-18(16-31(20)24(35)37-25(3,4)5)21-28-30-32(29-21)15-17-11-9-8-10-12-17/h6,8-12,18-20H,1,7,13-16H2,2-5H3,(H,27,33)/t18-,19?,20+,26-/m1/s1. The van der Waals surface area contributed by atoms with E-state index >= 15 is 0 Å². The maximum atomic E-state index is 13.5. The number of carbonyl (C=O) groups excluding carboxylic acids is 3. The molecule has 1 N–H and O–H groups in total. The molecule has 198 valence electrons. The van der Waals surface area contributed by atoms with E-state index in [1.54, 1.807) is 33.8 Å². The molecule has 1 unspecified atom stereocenters. The van der Waals surface area contributed by atoms with Gasteiger partial charge in [-0.2, -0.15) is 4.80 Å². The quantitative estimate of drug-likeness (QED) is 0.424. The Morgan fingerprint density at radius 3 is 2.59 bits per heavy atom. The van der Waals surface area contributed by atoms with Gasteiger partial charge in [0.15, 0.2) is 5.82 Å². The predicted molar refractivity (Wildman–Crippen MR) is 133 cm³/mol. The minimum absolute atomic E-state index is 0.182. The molecule has 1 aromatic heterocycles. The zero-order valence-electron chi connectivity index (χ0n) is 21.7. The molecule has 4 atom stereocenters. The van der Waals surface area contributed by atoms with Crippen LogP contribution >= 0.6 is 0 Å². The summed E-state index contributed by atoms with van der Waals surface area (Å²) >= 11 is 0. The van der Waals surface area contributed by atoms with Crippen molar-refractivity contribution in [2.75, 3.05) is 13.2 Å². The first-order valence-electron chi connectivity index (χ1n) is 12.5. The van der Waals surface area contributed by atoms with E-state index in [9.17, 15) is 14.4 Å². The van der Waals surface area contributed by atoms with E-state index in [0.29, 0.717) is 18.8 Å². The second-order valence-electron chi connectivity index (χ2n) is 10.5. The first-order valence-corrected chi connectivity index (χ1v) is 12.5. The van der Waals surface area contributed by atoms with Crippen molar-refractivity contribution >= 4 is 18.0 Å². The van der Waals surface area contributed by atoms with Crippen molar-refractivity contribution in [2.24, 2.45) is 5.92 Å². The van der Waals surface area contributed by atoms with Crippen LogP contribution in [-0.4, -0.2) is 73.4 Å². The van der Waals surface area contributed by atoms with E-state index in [2.05, 4.69) is 27.3 Å². The van der Waals surface area contributed by atoms with Gasteiger partial charge >= 0.3 is 12.1 Å². The summed E-state index contributed by atoms with van der Waals surface area (Å²) in [5.41, 5.74) is -0.885. The summed E-state index contributed by atoms with van der Waals surface area (Å²) in [4.78, 5) is 42.1. The average molecular weight is 511 g/mol. The van der Waals surface area contributed by atoms with Gasteiger partial charge in [0, 0.05) is 18.4 Å². The van der Waals surface area contributed by atoms with Crippen LogP contribution in [0.4, 0.5) is 4.79 Å². The second kappa shape index (κ2) is 10.3. The zero-order chi connectivity index (χ0) is 26.8. The number of nitrogens with zero attached hydrogens (tertiary/aromatic N) is 5. The van der Waals surface area contributed by atoms with E-state index < -0.39 is 35.2 Å². The van der Waals surface area contributed by atoms with Gasteiger partial charge in [0.2, 0.25) is 5.91 Å². The lowest BCUT2D eigenvalue weighted by Gasteiger charge is -2.29. The highest BCUT2D eigenvalue weighted by atomic mass is 16.6. The average Bonchev–Trinajstić information content (AvgIpc) is 3.16. The summed E-state index contributed by atoms with van der Waals surface area (Å²) in [6.45, 7) is 11.6. The summed E-state index contributed by atoms with van der Waals surface area (Å²) < 4.78 is 10.8. The van der Waals surface area contributed by atoms with Crippen LogP contribution in [0.15, 0.2) is 43.0 Å². The molecule has 1 aliphatic carbocycles. The van der Waals surface area contributed by atoms with Crippen LogP contribution in [0.2, 0.25) is 0 Å². The van der Waals surface area contributed by atoms with Gasteiger partial charge in [0.05, 0.1) is 13.2 Å². The summed E-state index contributed by atoms with van der Waals surface area (Å²) in [6.07, 6.45) is 1.68. The van der Waals surface area contributed by atoms with Gasteiger partial charge < -0.3 is 14.8 Å². The molecule has 2 amide bonds. The Hall–Kier alpha value is -3.76. The Morgan fingerprint density at radius 2 is 1.97 bits per heavy atom.